The second-order valence-electron chi connectivity index (χ2n) is 10.5. The number of rotatable bonds is 13. The van der Waals surface area contributed by atoms with Gasteiger partial charge < -0.3 is 20.3 Å². The molecule has 4 N–H and O–H groups in total. The molecule has 3 aromatic carbocycles. The lowest BCUT2D eigenvalue weighted by molar-refractivity contribution is -0.119. The van der Waals surface area contributed by atoms with E-state index in [0.717, 1.165) is 24.3 Å². The summed E-state index contributed by atoms with van der Waals surface area (Å²) in [7, 11) is 1.40. The summed E-state index contributed by atoms with van der Waals surface area (Å²) in [6, 6.07) is 12.8. The van der Waals surface area contributed by atoms with Crippen LogP contribution in [0.25, 0.3) is 10.9 Å². The first-order valence-electron chi connectivity index (χ1n) is 14.8. The van der Waals surface area contributed by atoms with Crippen LogP contribution in [0.2, 0.25) is 10.0 Å². The normalized spacial score (nSPS) is 12.0. The van der Waals surface area contributed by atoms with E-state index < -0.39 is 22.7 Å². The molecule has 16 heteroatoms. The highest BCUT2D eigenvalue weighted by Gasteiger charge is 2.25. The number of halogens is 2. The Labute approximate surface area is 289 Å². The summed E-state index contributed by atoms with van der Waals surface area (Å²) < 4.78 is 29.8. The van der Waals surface area contributed by atoms with Gasteiger partial charge in [0, 0.05) is 38.8 Å². The number of hydrogen-bond donors (Lipinski definition) is 4. The number of fused-ring (bicyclic) bond motifs is 1. The average Bonchev–Trinajstić information content (AvgIpc) is 3.03. The highest BCUT2D eigenvalue weighted by molar-refractivity contribution is 7.80. The van der Waals surface area contributed by atoms with Crippen LogP contribution in [0.5, 0.6) is 5.75 Å². The summed E-state index contributed by atoms with van der Waals surface area (Å²) in [5, 5.41) is 5.86. The number of aryl methyl sites for hydroxylation is 1. The Morgan fingerprint density at radius 1 is 1.08 bits per heavy atom. The van der Waals surface area contributed by atoms with Crippen LogP contribution in [0.1, 0.15) is 32.2 Å². The van der Waals surface area contributed by atoms with Crippen LogP contribution in [0.4, 0.5) is 22.7 Å². The van der Waals surface area contributed by atoms with Gasteiger partial charge in [0.25, 0.3) is 22.7 Å². The average molecular weight is 717 g/mol. The minimum Gasteiger partial charge on any atom is -0.495 e. The van der Waals surface area contributed by atoms with Crippen LogP contribution < -0.4 is 30.6 Å². The quantitative estimate of drug-likeness (QED) is 0.107. The van der Waals surface area contributed by atoms with Gasteiger partial charge >= 0.3 is 0 Å². The molecule has 1 aromatic heterocycles. The molecule has 0 bridgehead atoms. The van der Waals surface area contributed by atoms with Gasteiger partial charge in [-0.1, -0.05) is 23.2 Å². The lowest BCUT2D eigenvalue weighted by atomic mass is 10.1. The number of hydrogen-bond acceptors (Lipinski definition) is 8. The number of methoxy groups -OCH3 is 1. The van der Waals surface area contributed by atoms with Crippen molar-refractivity contribution in [3.8, 4) is 5.75 Å². The van der Waals surface area contributed by atoms with Gasteiger partial charge in [-0.2, -0.15) is 0 Å². The van der Waals surface area contributed by atoms with E-state index in [1.54, 1.807) is 6.07 Å². The van der Waals surface area contributed by atoms with Crippen molar-refractivity contribution in [1.82, 2.24) is 14.9 Å². The van der Waals surface area contributed by atoms with Gasteiger partial charge in [0.1, 0.15) is 5.75 Å². The monoisotopic (exact) mass is 715 g/mol. The molecule has 0 spiro atoms. The van der Waals surface area contributed by atoms with Crippen LogP contribution in [0.3, 0.4) is 0 Å². The fourth-order valence-electron chi connectivity index (χ4n) is 4.97. The van der Waals surface area contributed by atoms with Crippen LogP contribution >= 0.6 is 23.2 Å². The molecule has 0 fully saturated rings. The van der Waals surface area contributed by atoms with Gasteiger partial charge in [-0.05, 0) is 74.9 Å². The Hall–Kier alpha value is -4.50. The molecule has 48 heavy (non-hydrogen) atoms. The van der Waals surface area contributed by atoms with Crippen molar-refractivity contribution < 1.29 is 23.1 Å². The number of amides is 2. The lowest BCUT2D eigenvalue weighted by Crippen LogP contribution is -2.36. The van der Waals surface area contributed by atoms with Crippen molar-refractivity contribution in [2.75, 3.05) is 41.7 Å². The maximum Gasteiger partial charge on any atom is 0.278 e. The van der Waals surface area contributed by atoms with Crippen LogP contribution in [-0.2, 0) is 27.4 Å². The summed E-state index contributed by atoms with van der Waals surface area (Å²) >= 11 is 10.2. The second kappa shape index (κ2) is 16.1. The molecular weight excluding hydrogens is 681 g/mol. The molecule has 0 radical (unpaired) electrons. The molecule has 0 aliphatic carbocycles. The number of aliphatic imine (C=N–C) groups is 1. The maximum absolute atomic E-state index is 14.3. The van der Waals surface area contributed by atoms with Crippen molar-refractivity contribution >= 4 is 85.6 Å². The van der Waals surface area contributed by atoms with E-state index in [1.807, 2.05) is 19.1 Å². The molecule has 4 rings (SSSR count). The summed E-state index contributed by atoms with van der Waals surface area (Å²) in [6.07, 6.45) is 0. The van der Waals surface area contributed by atoms with Gasteiger partial charge in [0.05, 0.1) is 45.1 Å². The van der Waals surface area contributed by atoms with Crippen molar-refractivity contribution in [1.29, 1.82) is 0 Å². The minimum atomic E-state index is -2.38. The first kappa shape index (κ1) is 36.3. The van der Waals surface area contributed by atoms with E-state index in [4.69, 9.17) is 32.9 Å². The number of carbonyl (C=O) groups is 2. The van der Waals surface area contributed by atoms with E-state index >= 15 is 0 Å². The molecule has 4 aromatic rings. The van der Waals surface area contributed by atoms with Gasteiger partial charge in [-0.15, -0.1) is 0 Å². The first-order chi connectivity index (χ1) is 22.9. The number of anilines is 3. The highest BCUT2D eigenvalue weighted by Crippen LogP contribution is 2.30. The Morgan fingerprint density at radius 2 is 1.79 bits per heavy atom. The van der Waals surface area contributed by atoms with E-state index in [-0.39, 0.29) is 68.6 Å². The Morgan fingerprint density at radius 3 is 2.42 bits per heavy atom. The zero-order valence-electron chi connectivity index (χ0n) is 26.9. The topological polar surface area (TPSA) is 167 Å². The van der Waals surface area contributed by atoms with Gasteiger partial charge in [-0.25, -0.2) is 14.2 Å². The number of nitrogens with one attached hydrogen (secondary N) is 3. The van der Waals surface area contributed by atoms with Gasteiger partial charge in [0.2, 0.25) is 5.91 Å². The number of nitrogens with zero attached hydrogens (tertiary/aromatic N) is 4. The van der Waals surface area contributed by atoms with Crippen LogP contribution in [0.15, 0.2) is 58.3 Å². The van der Waals surface area contributed by atoms with Crippen molar-refractivity contribution in [2.24, 2.45) is 4.99 Å². The molecule has 254 valence electrons. The molecule has 0 saturated carbocycles. The third kappa shape index (κ3) is 8.50. The Bertz CT molecular complexity index is 1980. The molecule has 0 aliphatic rings. The van der Waals surface area contributed by atoms with Crippen molar-refractivity contribution in [3.63, 3.8) is 0 Å². The lowest BCUT2D eigenvalue weighted by Gasteiger charge is -2.22. The number of carbonyl (C=O) groups excluding carboxylic acids is 2. The molecule has 0 saturated heterocycles. The summed E-state index contributed by atoms with van der Waals surface area (Å²) in [5.74, 6) is -0.950. The largest absolute Gasteiger partial charge is 0.495 e. The standard InChI is InChI=1S/C32H35Cl2N7O6S/c1-6-40(7-2)21-9-10-25(18(3)14-21)36-29(31(43)38-27-15-20(39-48(45)46)8-11-28(27)47-5)30-37-26-17-24(34)23(33)16-22(26)32(44)41(30)13-12-35-19(4)42/h8-11,14-17,39H,6-7,12-13H2,1-5H3,(H,35,42)(H,38,43)(H,45,46). The van der Waals surface area contributed by atoms with E-state index in [0.29, 0.717) is 5.69 Å². The van der Waals surface area contributed by atoms with Crippen molar-refractivity contribution in [2.45, 2.75) is 34.2 Å². The SMILES string of the molecule is CCN(CC)c1ccc(N=C(C(=O)Nc2cc(NS(=O)O)ccc2OC)c2nc3cc(Cl)c(Cl)cc3c(=O)n2CCNC(C)=O)c(C)c1. The van der Waals surface area contributed by atoms with E-state index in [1.165, 1.54) is 48.9 Å². The molecule has 1 heterocycles. The predicted molar refractivity (Wildman–Crippen MR) is 192 cm³/mol. The number of aromatic nitrogens is 2. The summed E-state index contributed by atoms with van der Waals surface area (Å²) in [4.78, 5) is 51.6. The minimum absolute atomic E-state index is 0.0447. The molecule has 2 amide bonds. The predicted octanol–water partition coefficient (Wildman–Crippen LogP) is 5.31. The smallest absolute Gasteiger partial charge is 0.278 e. The third-order valence-corrected chi connectivity index (χ3v) is 8.46. The zero-order chi connectivity index (χ0) is 35.1. The zero-order valence-corrected chi connectivity index (χ0v) is 29.2. The molecule has 13 nitrogen and oxygen atoms in total. The molecule has 1 unspecified atom stereocenters. The van der Waals surface area contributed by atoms with Gasteiger partial charge in [-0.3, -0.25) is 28.2 Å². The Balaban J connectivity index is 1.98. The highest BCUT2D eigenvalue weighted by atomic mass is 35.5. The molecular formula is C32H35Cl2N7O6S. The third-order valence-electron chi connectivity index (χ3n) is 7.33. The second-order valence-corrected chi connectivity index (χ2v) is 12.0. The fourth-order valence-corrected chi connectivity index (χ4v) is 5.62. The molecule has 0 aliphatic heterocycles. The summed E-state index contributed by atoms with van der Waals surface area (Å²) in [6.45, 7) is 8.87. The Kier molecular flexibility index (Phi) is 12.2. The first-order valence-corrected chi connectivity index (χ1v) is 16.7. The van der Waals surface area contributed by atoms with E-state index in [2.05, 4.69) is 39.1 Å². The fraction of sp³-hybridized carbons (Fsp3) is 0.281. The van der Waals surface area contributed by atoms with Crippen molar-refractivity contribution in [3.05, 3.63) is 80.3 Å². The maximum atomic E-state index is 14.3. The molecule has 1 atom stereocenters. The van der Waals surface area contributed by atoms with Crippen LogP contribution in [0, 0.1) is 6.92 Å². The van der Waals surface area contributed by atoms with Gasteiger partial charge in [0.15, 0.2) is 11.5 Å². The summed E-state index contributed by atoms with van der Waals surface area (Å²) in [5.41, 5.74) is 1.91. The van der Waals surface area contributed by atoms with Crippen LogP contribution in [-0.4, -0.2) is 62.6 Å². The number of ether oxygens (including phenoxy) is 1. The number of benzene rings is 3. The van der Waals surface area contributed by atoms with E-state index in [9.17, 15) is 23.1 Å².